The topological polar surface area (TPSA) is 23.6 Å². The summed E-state index contributed by atoms with van der Waals surface area (Å²) in [5.74, 6) is 0. The first-order chi connectivity index (χ1) is 17.2. The molecule has 0 aliphatic heterocycles. The minimum atomic E-state index is -2.84. The third-order valence-corrected chi connectivity index (χ3v) is 22.6. The molecule has 4 saturated carbocycles. The second kappa shape index (κ2) is 13.3. The maximum absolute atomic E-state index is 16.9. The summed E-state index contributed by atoms with van der Waals surface area (Å²) >= 11 is 0. The van der Waals surface area contributed by atoms with Crippen molar-refractivity contribution in [2.45, 2.75) is 172 Å². The van der Waals surface area contributed by atoms with Gasteiger partial charge in [0, 0.05) is 28.4 Å². The smallest absolute Gasteiger partial charge is 0.244 e. The Bertz CT molecular complexity index is 688. The summed E-state index contributed by atoms with van der Waals surface area (Å²) in [6.45, 7) is 7.59. The molecule has 0 N–H and O–H groups in total. The molecule has 0 aromatic rings. The predicted octanol–water partition coefficient (Wildman–Crippen LogP) is 9.65. The summed E-state index contributed by atoms with van der Waals surface area (Å²) < 4.78 is 24.2. The van der Waals surface area contributed by atoms with Crippen LogP contribution in [-0.4, -0.2) is 58.3 Å². The molecule has 0 unspecified atom stereocenters. The van der Waals surface area contributed by atoms with E-state index in [2.05, 4.69) is 41.5 Å². The fourth-order valence-electron chi connectivity index (χ4n) is 8.48. The zero-order valence-corrected chi connectivity index (χ0v) is 27.3. The summed E-state index contributed by atoms with van der Waals surface area (Å²) in [4.78, 5) is 0. The van der Waals surface area contributed by atoms with E-state index in [9.17, 15) is 0 Å². The maximum Gasteiger partial charge on any atom is 0.244 e. The van der Waals surface area contributed by atoms with Crippen LogP contribution < -0.4 is 0 Å². The first-order valence-corrected chi connectivity index (χ1v) is 23.0. The van der Waals surface area contributed by atoms with Crippen molar-refractivity contribution in [1.82, 2.24) is 9.34 Å². The molecule has 0 aromatic heterocycles. The number of nitrogens with zero attached hydrogens (tertiary/aromatic N) is 2. The lowest BCUT2D eigenvalue weighted by atomic mass is 9.90. The Balaban J connectivity index is 1.92. The van der Waals surface area contributed by atoms with E-state index in [1.807, 2.05) is 0 Å². The van der Waals surface area contributed by atoms with Crippen molar-refractivity contribution in [1.29, 1.82) is 0 Å². The first-order valence-electron chi connectivity index (χ1n) is 15.9. The number of hydrogen-bond acceptors (Lipinski definition) is 1. The van der Waals surface area contributed by atoms with Gasteiger partial charge in [-0.3, -0.25) is 4.57 Å². The van der Waals surface area contributed by atoms with E-state index in [1.54, 1.807) is 4.23 Å². The maximum atomic E-state index is 16.9. The Hall–Kier alpha value is 0.587. The molecule has 0 bridgehead atoms. The summed E-state index contributed by atoms with van der Waals surface area (Å²) in [7, 11) is -4.55. The van der Waals surface area contributed by atoms with Gasteiger partial charge in [0.15, 0.2) is 0 Å². The van der Waals surface area contributed by atoms with E-state index in [-0.39, 0.29) is 10.5 Å². The summed E-state index contributed by atoms with van der Waals surface area (Å²) in [6.07, 6.45) is 31.4. The number of hydrogen-bond donors (Lipinski definition) is 0. The summed E-state index contributed by atoms with van der Waals surface area (Å²) in [6, 6.07) is 2.16. The molecule has 4 aliphatic carbocycles. The molecule has 0 atom stereocenters. The zero-order valence-electron chi connectivity index (χ0n) is 24.6. The summed E-state index contributed by atoms with van der Waals surface area (Å²) in [5.41, 5.74) is 0. The third-order valence-electron chi connectivity index (χ3n) is 9.71. The Morgan fingerprint density at radius 1 is 0.556 bits per heavy atom. The van der Waals surface area contributed by atoms with Crippen molar-refractivity contribution in [2.75, 3.05) is 12.5 Å². The molecular formula is C30H59N2OPSSi. The van der Waals surface area contributed by atoms with Crippen molar-refractivity contribution in [3.63, 3.8) is 0 Å². The highest BCUT2D eigenvalue weighted by atomic mass is 32.2. The standard InChI is InChI=1S/C30H59N2OPSSi/c1-35(2)30(36(3,4)5)34(33,31(26-18-10-6-11-19-26)27-20-12-7-13-21-27)32(28-22-14-8-15-23-28)29-24-16-9-17-25-29/h26-29H,6-25H2,1-5H3. The molecule has 0 amide bonds. The van der Waals surface area contributed by atoms with Crippen LogP contribution in [0.25, 0.3) is 0 Å². The van der Waals surface area contributed by atoms with Gasteiger partial charge in [-0.1, -0.05) is 96.7 Å². The fraction of sp³-hybridized carbons (Fsp3) is 0.967. The van der Waals surface area contributed by atoms with Crippen LogP contribution >= 0.6 is 17.9 Å². The van der Waals surface area contributed by atoms with Crippen molar-refractivity contribution in [3.05, 3.63) is 0 Å². The van der Waals surface area contributed by atoms with Gasteiger partial charge in [0.1, 0.15) is 0 Å². The van der Waals surface area contributed by atoms with Gasteiger partial charge in [-0.15, -0.1) is 0 Å². The van der Waals surface area contributed by atoms with Crippen LogP contribution in [0.15, 0.2) is 0 Å². The van der Waals surface area contributed by atoms with Crippen LogP contribution in [0.3, 0.4) is 0 Å². The highest BCUT2D eigenvalue weighted by Crippen LogP contribution is 2.65. The van der Waals surface area contributed by atoms with E-state index in [4.69, 9.17) is 0 Å². The normalized spacial score (nSPS) is 25.2. The van der Waals surface area contributed by atoms with E-state index >= 15 is 4.57 Å². The van der Waals surface area contributed by atoms with Gasteiger partial charge in [0.25, 0.3) is 0 Å². The minimum Gasteiger partial charge on any atom is -0.284 e. The Morgan fingerprint density at radius 2 is 0.806 bits per heavy atom. The Labute approximate surface area is 228 Å². The quantitative estimate of drug-likeness (QED) is 0.169. The molecule has 4 rings (SSSR count). The molecule has 4 aliphatic rings. The van der Waals surface area contributed by atoms with Crippen molar-refractivity contribution in [3.8, 4) is 0 Å². The highest BCUT2D eigenvalue weighted by molar-refractivity contribution is 8.26. The molecule has 0 radical (unpaired) electrons. The monoisotopic (exact) mass is 554 g/mol. The SMILES string of the molecule is CS(C)=C([Si](C)(C)C)P(=O)(N(C1CCCCC1)C1CCCCC1)N(C1CCCCC1)C1CCCCC1. The van der Waals surface area contributed by atoms with E-state index < -0.39 is 15.5 Å². The van der Waals surface area contributed by atoms with Gasteiger partial charge in [-0.2, -0.15) is 10.5 Å². The van der Waals surface area contributed by atoms with Crippen LogP contribution in [0.5, 0.6) is 0 Å². The Morgan fingerprint density at radius 3 is 1.00 bits per heavy atom. The van der Waals surface area contributed by atoms with Gasteiger partial charge >= 0.3 is 0 Å². The summed E-state index contributed by atoms with van der Waals surface area (Å²) in [5, 5.41) is 0. The third kappa shape index (κ3) is 6.65. The second-order valence-corrected chi connectivity index (χ2v) is 24.4. The largest absolute Gasteiger partial charge is 0.284 e. The molecule has 6 heteroatoms. The van der Waals surface area contributed by atoms with Crippen LogP contribution in [0.4, 0.5) is 0 Å². The fourth-order valence-corrected chi connectivity index (χ4v) is 23.4. The molecule has 3 nitrogen and oxygen atoms in total. The molecule has 0 aromatic carbocycles. The molecule has 210 valence electrons. The van der Waals surface area contributed by atoms with Gasteiger partial charge in [0.05, 0.1) is 8.07 Å². The molecule has 0 heterocycles. The predicted molar refractivity (Wildman–Crippen MR) is 167 cm³/mol. The Kier molecular flexibility index (Phi) is 10.9. The van der Waals surface area contributed by atoms with Gasteiger partial charge in [-0.25, -0.2) is 9.34 Å². The van der Waals surface area contributed by atoms with Crippen molar-refractivity contribution < 1.29 is 4.57 Å². The molecule has 0 saturated heterocycles. The average Bonchev–Trinajstić information content (AvgIpc) is 2.86. The molecular weight excluding hydrogens is 495 g/mol. The van der Waals surface area contributed by atoms with Crippen LogP contribution in [0.2, 0.25) is 19.6 Å². The van der Waals surface area contributed by atoms with Crippen molar-refractivity contribution in [2.24, 2.45) is 0 Å². The van der Waals surface area contributed by atoms with Crippen LogP contribution in [0, 0.1) is 0 Å². The van der Waals surface area contributed by atoms with Crippen LogP contribution in [-0.2, 0) is 4.57 Å². The van der Waals surface area contributed by atoms with E-state index in [0.717, 1.165) is 0 Å². The van der Waals surface area contributed by atoms with Crippen LogP contribution in [0.1, 0.15) is 128 Å². The first kappa shape index (κ1) is 29.6. The second-order valence-electron chi connectivity index (χ2n) is 13.8. The van der Waals surface area contributed by atoms with E-state index in [1.165, 1.54) is 128 Å². The van der Waals surface area contributed by atoms with Gasteiger partial charge in [0.2, 0.25) is 7.44 Å². The molecule has 36 heavy (non-hydrogen) atoms. The van der Waals surface area contributed by atoms with Gasteiger partial charge < -0.3 is 0 Å². The lowest BCUT2D eigenvalue weighted by molar-refractivity contribution is 0.121. The zero-order chi connectivity index (χ0) is 25.8. The lowest BCUT2D eigenvalue weighted by Gasteiger charge is -2.56. The van der Waals surface area contributed by atoms with Gasteiger partial charge in [-0.05, 0) is 63.9 Å². The molecule has 4 fully saturated rings. The highest BCUT2D eigenvalue weighted by Gasteiger charge is 2.54. The lowest BCUT2D eigenvalue weighted by Crippen LogP contribution is -2.56. The minimum absolute atomic E-state index is 0.0808. The number of rotatable bonds is 8. The van der Waals surface area contributed by atoms with Crippen molar-refractivity contribution >= 4 is 30.2 Å². The van der Waals surface area contributed by atoms with E-state index in [0.29, 0.717) is 24.2 Å². The molecule has 0 spiro atoms. The average molecular weight is 555 g/mol.